The SMILES string of the molecule is CC[C@@H](CCCn1cnc2cc(-c3cnc(C(F)F)cn3)c(F)cc2c1=O)Nc1cn[nH]c(=O)c1C(F)(F)F. The number of hydrogen-bond acceptors (Lipinski definition) is 7. The summed E-state index contributed by atoms with van der Waals surface area (Å²) in [4.78, 5) is 36.2. The molecule has 9 nitrogen and oxygen atoms in total. The van der Waals surface area contributed by atoms with Crippen LogP contribution in [0.3, 0.4) is 0 Å². The van der Waals surface area contributed by atoms with Gasteiger partial charge in [-0.1, -0.05) is 6.92 Å². The Morgan fingerprint density at radius 2 is 1.85 bits per heavy atom. The Hall–Kier alpha value is -4.30. The number of H-pyrrole nitrogens is 1. The van der Waals surface area contributed by atoms with Gasteiger partial charge in [0, 0.05) is 18.2 Å². The van der Waals surface area contributed by atoms with E-state index in [2.05, 4.69) is 25.4 Å². The van der Waals surface area contributed by atoms with Gasteiger partial charge in [0.25, 0.3) is 17.5 Å². The fourth-order valence-corrected chi connectivity index (χ4v) is 4.02. The number of anilines is 1. The lowest BCUT2D eigenvalue weighted by Crippen LogP contribution is -2.28. The van der Waals surface area contributed by atoms with E-state index in [1.807, 2.05) is 0 Å². The van der Waals surface area contributed by atoms with E-state index in [4.69, 9.17) is 0 Å². The zero-order chi connectivity index (χ0) is 28.3. The van der Waals surface area contributed by atoms with Gasteiger partial charge in [-0.15, -0.1) is 0 Å². The molecule has 1 aromatic carbocycles. The topological polar surface area (TPSA) is 118 Å². The third-order valence-electron chi connectivity index (χ3n) is 6.03. The molecule has 0 aliphatic rings. The lowest BCUT2D eigenvalue weighted by atomic mass is 10.1. The van der Waals surface area contributed by atoms with E-state index in [-0.39, 0.29) is 28.7 Å². The minimum absolute atomic E-state index is 0.00725. The molecule has 0 aliphatic carbocycles. The molecule has 4 rings (SSSR count). The number of fused-ring (bicyclic) bond motifs is 1. The third kappa shape index (κ3) is 6.07. The number of halogens is 6. The van der Waals surface area contributed by atoms with E-state index in [1.165, 1.54) is 17.0 Å². The summed E-state index contributed by atoms with van der Waals surface area (Å²) in [6.45, 7) is 1.89. The summed E-state index contributed by atoms with van der Waals surface area (Å²) in [5, 5.41) is 7.89. The van der Waals surface area contributed by atoms with Crippen molar-refractivity contribution >= 4 is 16.6 Å². The van der Waals surface area contributed by atoms with Crippen LogP contribution in [0.1, 0.15) is 43.9 Å². The number of aromatic amines is 1. The van der Waals surface area contributed by atoms with Gasteiger partial charge >= 0.3 is 6.18 Å². The predicted octanol–water partition coefficient (Wildman–Crippen LogP) is 4.70. The number of aryl methyl sites for hydroxylation is 1. The first kappa shape index (κ1) is 27.7. The van der Waals surface area contributed by atoms with Gasteiger partial charge in [0.2, 0.25) is 0 Å². The van der Waals surface area contributed by atoms with E-state index in [9.17, 15) is 35.9 Å². The molecule has 39 heavy (non-hydrogen) atoms. The lowest BCUT2D eigenvalue weighted by Gasteiger charge is -2.20. The van der Waals surface area contributed by atoms with Crippen molar-refractivity contribution in [2.75, 3.05) is 5.32 Å². The van der Waals surface area contributed by atoms with Crippen LogP contribution in [-0.2, 0) is 12.7 Å². The highest BCUT2D eigenvalue weighted by molar-refractivity contribution is 5.83. The molecule has 0 saturated carbocycles. The van der Waals surface area contributed by atoms with Crippen LogP contribution < -0.4 is 16.4 Å². The summed E-state index contributed by atoms with van der Waals surface area (Å²) >= 11 is 0. The molecule has 0 bridgehead atoms. The van der Waals surface area contributed by atoms with Gasteiger partial charge in [0.1, 0.15) is 17.1 Å². The van der Waals surface area contributed by atoms with E-state index >= 15 is 0 Å². The molecule has 0 radical (unpaired) electrons. The van der Waals surface area contributed by atoms with Crippen molar-refractivity contribution in [1.82, 2.24) is 29.7 Å². The van der Waals surface area contributed by atoms with Crippen LogP contribution in [0.2, 0.25) is 0 Å². The second-order valence-corrected chi connectivity index (χ2v) is 8.60. The van der Waals surface area contributed by atoms with Gasteiger partial charge in [0.15, 0.2) is 0 Å². The van der Waals surface area contributed by atoms with Crippen LogP contribution in [0.15, 0.2) is 46.6 Å². The summed E-state index contributed by atoms with van der Waals surface area (Å²) in [5.41, 5.74) is -4.19. The van der Waals surface area contributed by atoms with E-state index < -0.39 is 52.5 Å². The minimum Gasteiger partial charge on any atom is -0.380 e. The van der Waals surface area contributed by atoms with Crippen LogP contribution in [0.4, 0.5) is 32.0 Å². The Morgan fingerprint density at radius 3 is 2.49 bits per heavy atom. The molecule has 15 heteroatoms. The first-order valence-electron chi connectivity index (χ1n) is 11.7. The number of nitrogens with zero attached hydrogens (tertiary/aromatic N) is 5. The zero-order valence-electron chi connectivity index (χ0n) is 20.3. The maximum Gasteiger partial charge on any atom is 0.423 e. The second kappa shape index (κ2) is 11.2. The fraction of sp³-hybridized carbons (Fsp3) is 0.333. The second-order valence-electron chi connectivity index (χ2n) is 8.60. The summed E-state index contributed by atoms with van der Waals surface area (Å²) < 4.78 is 81.4. The van der Waals surface area contributed by atoms with Crippen molar-refractivity contribution in [2.45, 2.75) is 51.4 Å². The number of benzene rings is 1. The summed E-state index contributed by atoms with van der Waals surface area (Å²) in [6.07, 6.45) is -2.60. The monoisotopic (exact) mass is 553 g/mol. The molecule has 206 valence electrons. The molecule has 0 unspecified atom stereocenters. The number of hydrogen-bond donors (Lipinski definition) is 2. The highest BCUT2D eigenvalue weighted by atomic mass is 19.4. The van der Waals surface area contributed by atoms with Gasteiger partial charge < -0.3 is 5.32 Å². The summed E-state index contributed by atoms with van der Waals surface area (Å²) in [7, 11) is 0. The van der Waals surface area contributed by atoms with E-state index in [1.54, 1.807) is 12.0 Å². The van der Waals surface area contributed by atoms with Crippen molar-refractivity contribution in [2.24, 2.45) is 0 Å². The first-order chi connectivity index (χ1) is 18.5. The van der Waals surface area contributed by atoms with Crippen LogP contribution in [0.5, 0.6) is 0 Å². The molecule has 0 spiro atoms. The molecule has 0 fully saturated rings. The normalized spacial score (nSPS) is 12.7. The number of rotatable bonds is 9. The molecule has 0 saturated heterocycles. The minimum atomic E-state index is -4.88. The molecule has 2 N–H and O–H groups in total. The molecular weight excluding hydrogens is 532 g/mol. The lowest BCUT2D eigenvalue weighted by molar-refractivity contribution is -0.138. The fourth-order valence-electron chi connectivity index (χ4n) is 4.02. The molecule has 1 atom stereocenters. The predicted molar refractivity (Wildman–Crippen MR) is 129 cm³/mol. The highest BCUT2D eigenvalue weighted by Crippen LogP contribution is 2.32. The van der Waals surface area contributed by atoms with Crippen molar-refractivity contribution in [3.63, 3.8) is 0 Å². The average molecular weight is 553 g/mol. The van der Waals surface area contributed by atoms with Crippen LogP contribution in [0, 0.1) is 5.82 Å². The maximum absolute atomic E-state index is 14.8. The van der Waals surface area contributed by atoms with Crippen LogP contribution in [-0.4, -0.2) is 35.8 Å². The smallest absolute Gasteiger partial charge is 0.380 e. The Morgan fingerprint density at radius 1 is 1.08 bits per heavy atom. The van der Waals surface area contributed by atoms with Crippen LogP contribution >= 0.6 is 0 Å². The molecule has 0 aliphatic heterocycles. The first-order valence-corrected chi connectivity index (χ1v) is 11.7. The quantitative estimate of drug-likeness (QED) is 0.289. The molecular formula is C24H21F6N7O2. The number of alkyl halides is 5. The van der Waals surface area contributed by atoms with E-state index in [0.717, 1.165) is 24.7 Å². The van der Waals surface area contributed by atoms with Crippen molar-refractivity contribution < 1.29 is 26.3 Å². The maximum atomic E-state index is 14.8. The Balaban J connectivity index is 1.49. The van der Waals surface area contributed by atoms with Crippen molar-refractivity contribution in [3.05, 3.63) is 74.8 Å². The van der Waals surface area contributed by atoms with Gasteiger partial charge in [-0.3, -0.25) is 24.1 Å². The Labute approximate surface area is 216 Å². The standard InChI is InChI=1S/C24H21F6N7O2/c1-2-12(35-18-10-34-36-22(38)20(18)24(28,29)30)4-3-5-37-11-33-16-7-13(15(25)6-14(16)23(37)39)17-8-32-19(9-31-17)21(26)27/h6-12,21H,2-5H2,1H3,(H2,35,36,38)/t12-/m0/s1. The summed E-state index contributed by atoms with van der Waals surface area (Å²) in [6, 6.07) is 1.79. The van der Waals surface area contributed by atoms with E-state index in [0.29, 0.717) is 19.3 Å². The largest absolute Gasteiger partial charge is 0.423 e. The van der Waals surface area contributed by atoms with Gasteiger partial charge in [-0.2, -0.15) is 18.3 Å². The van der Waals surface area contributed by atoms with Crippen molar-refractivity contribution in [1.29, 1.82) is 0 Å². The molecule has 3 aromatic heterocycles. The number of nitrogens with one attached hydrogen (secondary N) is 2. The average Bonchev–Trinajstić information content (AvgIpc) is 2.88. The Bertz CT molecular complexity index is 1590. The molecule has 3 heterocycles. The molecule has 0 amide bonds. The summed E-state index contributed by atoms with van der Waals surface area (Å²) in [5.74, 6) is -0.819. The highest BCUT2D eigenvalue weighted by Gasteiger charge is 2.37. The Kier molecular flexibility index (Phi) is 7.97. The van der Waals surface area contributed by atoms with Gasteiger partial charge in [-0.25, -0.2) is 23.3 Å². The van der Waals surface area contributed by atoms with Gasteiger partial charge in [-0.05, 0) is 31.4 Å². The van der Waals surface area contributed by atoms with Gasteiger partial charge in [0.05, 0.1) is 47.2 Å². The van der Waals surface area contributed by atoms with Crippen LogP contribution in [0.25, 0.3) is 22.2 Å². The van der Waals surface area contributed by atoms with Crippen molar-refractivity contribution in [3.8, 4) is 11.3 Å². The zero-order valence-corrected chi connectivity index (χ0v) is 20.3. The molecule has 4 aromatic rings. The third-order valence-corrected chi connectivity index (χ3v) is 6.03. The number of aromatic nitrogens is 6.